The molecule has 0 aliphatic carbocycles. The molecule has 5 aromatic rings. The van der Waals surface area contributed by atoms with Crippen LogP contribution in [0, 0.1) is 10.1 Å². The van der Waals surface area contributed by atoms with Gasteiger partial charge in [-0.05, 0) is 25.1 Å². The maximum Gasteiger partial charge on any atom is 0.271 e. The van der Waals surface area contributed by atoms with E-state index in [0.29, 0.717) is 17.5 Å². The largest absolute Gasteiger partial charge is 0.324 e. The Labute approximate surface area is 227 Å². The Hall–Kier alpha value is -4.28. The molecule has 2 heterocycles. The number of carbonyl (C=O) groups excluding carboxylic acids is 1. The first-order chi connectivity index (χ1) is 18.4. The van der Waals surface area contributed by atoms with Gasteiger partial charge in [0.15, 0.2) is 11.0 Å². The van der Waals surface area contributed by atoms with Crippen molar-refractivity contribution >= 4 is 51.5 Å². The van der Waals surface area contributed by atoms with Gasteiger partial charge in [0.2, 0.25) is 5.91 Å². The van der Waals surface area contributed by atoms with Crippen LogP contribution in [0.15, 0.2) is 84.0 Å². The van der Waals surface area contributed by atoms with Crippen LogP contribution < -0.4 is 5.32 Å². The Balaban J connectivity index is 1.43. The van der Waals surface area contributed by atoms with Crippen molar-refractivity contribution in [2.45, 2.75) is 18.6 Å². The summed E-state index contributed by atoms with van der Waals surface area (Å²) in [4.78, 5) is 28.0. The van der Waals surface area contributed by atoms with Crippen molar-refractivity contribution in [2.75, 3.05) is 11.1 Å². The molecule has 9 nitrogen and oxygen atoms in total. The van der Waals surface area contributed by atoms with Crippen molar-refractivity contribution in [1.29, 1.82) is 0 Å². The first kappa shape index (κ1) is 25.4. The topological polar surface area (TPSA) is 116 Å². The summed E-state index contributed by atoms with van der Waals surface area (Å²) in [6.45, 7) is 2.57. The zero-order chi connectivity index (χ0) is 26.6. The van der Waals surface area contributed by atoms with Crippen LogP contribution in [0.4, 0.5) is 11.4 Å². The van der Waals surface area contributed by atoms with Crippen LogP contribution in [0.5, 0.6) is 0 Å². The quantitative estimate of drug-likeness (QED) is 0.135. The normalized spacial score (nSPS) is 11.0. The third-order valence-electron chi connectivity index (χ3n) is 5.83. The highest BCUT2D eigenvalue weighted by Crippen LogP contribution is 2.33. The molecule has 2 aromatic heterocycles. The molecular formula is C27H21ClN6O3S. The van der Waals surface area contributed by atoms with Gasteiger partial charge in [-0.3, -0.25) is 14.9 Å². The molecular weight excluding hydrogens is 524 g/mol. The summed E-state index contributed by atoms with van der Waals surface area (Å²) in [5.41, 5.74) is 3.58. The summed E-state index contributed by atoms with van der Waals surface area (Å²) in [5, 5.41) is 24.3. The second-order valence-electron chi connectivity index (χ2n) is 8.25. The Bertz CT molecular complexity index is 1660. The monoisotopic (exact) mass is 544 g/mol. The van der Waals surface area contributed by atoms with Crippen LogP contribution in [-0.2, 0) is 11.3 Å². The van der Waals surface area contributed by atoms with Gasteiger partial charge in [0.25, 0.3) is 5.69 Å². The lowest BCUT2D eigenvalue weighted by Crippen LogP contribution is -2.15. The van der Waals surface area contributed by atoms with Gasteiger partial charge in [0.1, 0.15) is 0 Å². The summed E-state index contributed by atoms with van der Waals surface area (Å²) in [5.74, 6) is 0.321. The Morgan fingerprint density at radius 2 is 1.82 bits per heavy atom. The molecule has 1 amide bonds. The van der Waals surface area contributed by atoms with Crippen molar-refractivity contribution < 1.29 is 9.72 Å². The van der Waals surface area contributed by atoms with E-state index < -0.39 is 4.92 Å². The number of nitro groups is 1. The van der Waals surface area contributed by atoms with Crippen LogP contribution in [0.2, 0.25) is 5.02 Å². The number of anilines is 1. The minimum absolute atomic E-state index is 0.0174. The van der Waals surface area contributed by atoms with E-state index in [0.717, 1.165) is 27.7 Å². The lowest BCUT2D eigenvalue weighted by molar-refractivity contribution is -0.384. The number of fused-ring (bicyclic) bond motifs is 1. The molecule has 0 saturated carbocycles. The Morgan fingerprint density at radius 3 is 2.58 bits per heavy atom. The average Bonchev–Trinajstić information content (AvgIpc) is 3.35. The molecule has 0 radical (unpaired) electrons. The molecule has 1 N–H and O–H groups in total. The third-order valence-corrected chi connectivity index (χ3v) is 7.12. The standard InChI is InChI=1S/C27H21ClN6O3S/c1-2-33-26(20-15-23(17-8-4-3-5-9-17)29-22-11-7-6-10-19(20)22)31-32-27(33)38-16-25(35)30-24-14-18(34(36)37)12-13-21(24)28/h3-15H,2,16H2,1H3,(H,30,35). The summed E-state index contributed by atoms with van der Waals surface area (Å²) in [6, 6.07) is 23.7. The van der Waals surface area contributed by atoms with Crippen LogP contribution >= 0.6 is 23.4 Å². The van der Waals surface area contributed by atoms with E-state index in [1.807, 2.05) is 72.2 Å². The summed E-state index contributed by atoms with van der Waals surface area (Å²) in [6.07, 6.45) is 0. The second kappa shape index (κ2) is 11.0. The van der Waals surface area contributed by atoms with Gasteiger partial charge in [-0.1, -0.05) is 71.9 Å². The molecule has 11 heteroatoms. The van der Waals surface area contributed by atoms with Crippen LogP contribution in [0.3, 0.4) is 0 Å². The van der Waals surface area contributed by atoms with Gasteiger partial charge in [0.05, 0.1) is 32.6 Å². The summed E-state index contributed by atoms with van der Waals surface area (Å²) >= 11 is 7.33. The molecule has 190 valence electrons. The summed E-state index contributed by atoms with van der Waals surface area (Å²) in [7, 11) is 0. The van der Waals surface area contributed by atoms with Gasteiger partial charge >= 0.3 is 0 Å². The number of benzene rings is 3. The van der Waals surface area contributed by atoms with Crippen LogP contribution in [0.25, 0.3) is 33.5 Å². The maximum atomic E-state index is 12.6. The van der Waals surface area contributed by atoms with E-state index in [1.165, 1.54) is 30.0 Å². The zero-order valence-corrected chi connectivity index (χ0v) is 21.7. The number of hydrogen-bond acceptors (Lipinski definition) is 7. The highest BCUT2D eigenvalue weighted by molar-refractivity contribution is 7.99. The molecule has 0 spiro atoms. The van der Waals surface area contributed by atoms with E-state index in [4.69, 9.17) is 16.6 Å². The fourth-order valence-corrected chi connectivity index (χ4v) is 5.00. The number of amides is 1. The number of aromatic nitrogens is 4. The van der Waals surface area contributed by atoms with Gasteiger partial charge in [0, 0.05) is 35.2 Å². The number of carbonyl (C=O) groups is 1. The highest BCUT2D eigenvalue weighted by Gasteiger charge is 2.19. The van der Waals surface area contributed by atoms with Crippen LogP contribution in [-0.4, -0.2) is 36.3 Å². The molecule has 0 aliphatic rings. The average molecular weight is 545 g/mol. The highest BCUT2D eigenvalue weighted by atomic mass is 35.5. The van der Waals surface area contributed by atoms with Crippen molar-refractivity contribution in [1.82, 2.24) is 19.7 Å². The van der Waals surface area contributed by atoms with E-state index in [9.17, 15) is 14.9 Å². The number of halogens is 1. The van der Waals surface area contributed by atoms with Gasteiger partial charge in [-0.2, -0.15) is 0 Å². The molecule has 5 rings (SSSR count). The molecule has 0 aliphatic heterocycles. The van der Waals surface area contributed by atoms with Gasteiger partial charge in [-0.15, -0.1) is 10.2 Å². The van der Waals surface area contributed by atoms with E-state index in [2.05, 4.69) is 15.5 Å². The minimum Gasteiger partial charge on any atom is -0.324 e. The number of hydrogen-bond donors (Lipinski definition) is 1. The molecule has 38 heavy (non-hydrogen) atoms. The molecule has 0 saturated heterocycles. The Morgan fingerprint density at radius 1 is 1.05 bits per heavy atom. The second-order valence-corrected chi connectivity index (χ2v) is 9.60. The lowest BCUT2D eigenvalue weighted by Gasteiger charge is -2.12. The number of nitro benzene ring substituents is 1. The fourth-order valence-electron chi connectivity index (χ4n) is 4.04. The van der Waals surface area contributed by atoms with Crippen molar-refractivity contribution in [2.24, 2.45) is 0 Å². The number of para-hydroxylation sites is 1. The molecule has 0 atom stereocenters. The van der Waals surface area contributed by atoms with Crippen LogP contribution in [0.1, 0.15) is 6.92 Å². The first-order valence-corrected chi connectivity index (χ1v) is 13.1. The van der Waals surface area contributed by atoms with E-state index in [1.54, 1.807) is 0 Å². The smallest absolute Gasteiger partial charge is 0.271 e. The number of pyridine rings is 1. The number of nitrogens with one attached hydrogen (secondary N) is 1. The predicted molar refractivity (Wildman–Crippen MR) is 149 cm³/mol. The van der Waals surface area contributed by atoms with E-state index >= 15 is 0 Å². The van der Waals surface area contributed by atoms with E-state index in [-0.39, 0.29) is 28.1 Å². The molecule has 0 bridgehead atoms. The number of non-ortho nitro benzene ring substituents is 1. The molecule has 0 unspecified atom stereocenters. The zero-order valence-electron chi connectivity index (χ0n) is 20.2. The minimum atomic E-state index is -0.544. The summed E-state index contributed by atoms with van der Waals surface area (Å²) < 4.78 is 1.95. The third kappa shape index (κ3) is 5.22. The molecule has 3 aromatic carbocycles. The van der Waals surface area contributed by atoms with Gasteiger partial charge in [-0.25, -0.2) is 4.98 Å². The number of thioether (sulfide) groups is 1. The predicted octanol–water partition coefficient (Wildman–Crippen LogP) is 6.47. The lowest BCUT2D eigenvalue weighted by atomic mass is 10.0. The fraction of sp³-hybridized carbons (Fsp3) is 0.111. The Kier molecular flexibility index (Phi) is 7.34. The van der Waals surface area contributed by atoms with Crippen molar-refractivity contribution in [3.8, 4) is 22.6 Å². The van der Waals surface area contributed by atoms with Crippen molar-refractivity contribution in [3.63, 3.8) is 0 Å². The SMILES string of the molecule is CCn1c(SCC(=O)Nc2cc([N+](=O)[O-])ccc2Cl)nnc1-c1cc(-c2ccccc2)nc2ccccc12. The molecule has 0 fully saturated rings. The maximum absolute atomic E-state index is 12.6. The number of nitrogens with zero attached hydrogens (tertiary/aromatic N) is 5. The number of rotatable bonds is 8. The van der Waals surface area contributed by atoms with Gasteiger partial charge < -0.3 is 9.88 Å². The van der Waals surface area contributed by atoms with Crippen molar-refractivity contribution in [3.05, 3.63) is 94.0 Å². The first-order valence-electron chi connectivity index (χ1n) is 11.7.